The molecule has 0 aliphatic heterocycles. The van der Waals surface area contributed by atoms with Crippen molar-refractivity contribution in [2.45, 2.75) is 6.92 Å². The molecule has 100 valence electrons. The zero-order chi connectivity index (χ0) is 14.2. The molecule has 0 spiro atoms. The molecule has 0 unspecified atom stereocenters. The third kappa shape index (κ3) is 2.53. The van der Waals surface area contributed by atoms with Gasteiger partial charge in [0.15, 0.2) is 5.82 Å². The number of rotatable bonds is 2. The lowest BCUT2D eigenvalue weighted by atomic mass is 10.2. The van der Waals surface area contributed by atoms with E-state index in [1.165, 1.54) is 16.8 Å². The largest absolute Gasteiger partial charge is 0.394 e. The summed E-state index contributed by atoms with van der Waals surface area (Å²) in [6, 6.07) is 3.55. The fourth-order valence-electron chi connectivity index (χ4n) is 1.67. The SMILES string of the molecule is Cc1nn(C)c(NC(=O)c2ccc(F)cc2Cl)c1N. The van der Waals surface area contributed by atoms with Crippen molar-refractivity contribution in [2.24, 2.45) is 7.05 Å². The van der Waals surface area contributed by atoms with Gasteiger partial charge in [0.05, 0.1) is 22.0 Å². The summed E-state index contributed by atoms with van der Waals surface area (Å²) < 4.78 is 14.4. The Morgan fingerprint density at radius 1 is 1.53 bits per heavy atom. The minimum atomic E-state index is -0.502. The van der Waals surface area contributed by atoms with Gasteiger partial charge in [-0.3, -0.25) is 9.48 Å². The molecule has 0 bridgehead atoms. The van der Waals surface area contributed by atoms with Crippen LogP contribution < -0.4 is 11.1 Å². The van der Waals surface area contributed by atoms with Gasteiger partial charge < -0.3 is 11.1 Å². The van der Waals surface area contributed by atoms with Gasteiger partial charge in [0, 0.05) is 7.05 Å². The first kappa shape index (κ1) is 13.4. The standard InChI is InChI=1S/C12H12ClFN4O/c1-6-10(15)11(18(2)17-6)16-12(19)8-4-3-7(14)5-9(8)13/h3-5H,15H2,1-2H3,(H,16,19). The van der Waals surface area contributed by atoms with Crippen LogP contribution >= 0.6 is 11.6 Å². The van der Waals surface area contributed by atoms with Gasteiger partial charge in [0.25, 0.3) is 5.91 Å². The van der Waals surface area contributed by atoms with Crippen molar-refractivity contribution in [2.75, 3.05) is 11.1 Å². The highest BCUT2D eigenvalue weighted by atomic mass is 35.5. The summed E-state index contributed by atoms with van der Waals surface area (Å²) in [4.78, 5) is 12.0. The second-order valence-corrected chi connectivity index (χ2v) is 4.46. The molecule has 1 heterocycles. The Bertz CT molecular complexity index is 653. The van der Waals surface area contributed by atoms with Crippen LogP contribution in [0.5, 0.6) is 0 Å². The number of nitrogens with two attached hydrogens (primary N) is 1. The average molecular weight is 283 g/mol. The van der Waals surface area contributed by atoms with E-state index in [-0.39, 0.29) is 10.6 Å². The topological polar surface area (TPSA) is 72.9 Å². The van der Waals surface area contributed by atoms with E-state index in [1.807, 2.05) is 0 Å². The van der Waals surface area contributed by atoms with Crippen LogP contribution in [-0.2, 0) is 7.05 Å². The Kier molecular flexibility index (Phi) is 3.44. The average Bonchev–Trinajstić information content (AvgIpc) is 2.56. The van der Waals surface area contributed by atoms with E-state index < -0.39 is 11.7 Å². The molecule has 1 aromatic heterocycles. The first-order valence-electron chi connectivity index (χ1n) is 5.45. The van der Waals surface area contributed by atoms with Crippen LogP contribution in [0.3, 0.4) is 0 Å². The second kappa shape index (κ2) is 4.89. The Morgan fingerprint density at radius 2 is 2.21 bits per heavy atom. The Labute approximate surface area is 114 Å². The van der Waals surface area contributed by atoms with Crippen LogP contribution in [0.1, 0.15) is 16.1 Å². The molecule has 19 heavy (non-hydrogen) atoms. The molecule has 7 heteroatoms. The van der Waals surface area contributed by atoms with Crippen molar-refractivity contribution >= 4 is 29.0 Å². The second-order valence-electron chi connectivity index (χ2n) is 4.05. The molecule has 0 saturated heterocycles. The van der Waals surface area contributed by atoms with E-state index in [0.29, 0.717) is 17.2 Å². The number of hydrogen-bond donors (Lipinski definition) is 2. The molecule has 0 radical (unpaired) electrons. The van der Waals surface area contributed by atoms with Crippen molar-refractivity contribution in [1.29, 1.82) is 0 Å². The van der Waals surface area contributed by atoms with Gasteiger partial charge in [-0.05, 0) is 25.1 Å². The molecular formula is C12H12ClFN4O. The monoisotopic (exact) mass is 282 g/mol. The molecule has 1 aromatic carbocycles. The van der Waals surface area contributed by atoms with Crippen LogP contribution in [0.4, 0.5) is 15.9 Å². The van der Waals surface area contributed by atoms with E-state index in [4.69, 9.17) is 17.3 Å². The molecule has 2 rings (SSSR count). The molecule has 0 atom stereocenters. The number of carbonyl (C=O) groups is 1. The van der Waals surface area contributed by atoms with E-state index in [9.17, 15) is 9.18 Å². The molecule has 0 aliphatic carbocycles. The summed E-state index contributed by atoms with van der Waals surface area (Å²) in [6.45, 7) is 1.73. The van der Waals surface area contributed by atoms with E-state index in [1.54, 1.807) is 14.0 Å². The van der Waals surface area contributed by atoms with Crippen LogP contribution in [0.15, 0.2) is 18.2 Å². The highest BCUT2D eigenvalue weighted by molar-refractivity contribution is 6.34. The van der Waals surface area contributed by atoms with Crippen LogP contribution in [0, 0.1) is 12.7 Å². The summed E-state index contributed by atoms with van der Waals surface area (Å²) in [6.07, 6.45) is 0. The van der Waals surface area contributed by atoms with Gasteiger partial charge in [0.1, 0.15) is 5.82 Å². The minimum absolute atomic E-state index is 0.0370. The number of carbonyl (C=O) groups excluding carboxylic acids is 1. The number of aryl methyl sites for hydroxylation is 2. The fraction of sp³-hybridized carbons (Fsp3) is 0.167. The fourth-order valence-corrected chi connectivity index (χ4v) is 1.92. The van der Waals surface area contributed by atoms with Crippen molar-refractivity contribution in [3.8, 4) is 0 Å². The number of nitrogens with zero attached hydrogens (tertiary/aromatic N) is 2. The number of benzene rings is 1. The molecule has 0 saturated carbocycles. The van der Waals surface area contributed by atoms with E-state index in [0.717, 1.165) is 6.07 Å². The van der Waals surface area contributed by atoms with Gasteiger partial charge in [0.2, 0.25) is 0 Å². The number of halogens is 2. The highest BCUT2D eigenvalue weighted by Crippen LogP contribution is 2.23. The number of hydrogen-bond acceptors (Lipinski definition) is 3. The number of aromatic nitrogens is 2. The van der Waals surface area contributed by atoms with Crippen LogP contribution in [-0.4, -0.2) is 15.7 Å². The lowest BCUT2D eigenvalue weighted by molar-refractivity contribution is 0.102. The summed E-state index contributed by atoms with van der Waals surface area (Å²) in [5.41, 5.74) is 6.97. The van der Waals surface area contributed by atoms with Gasteiger partial charge in [-0.15, -0.1) is 0 Å². The van der Waals surface area contributed by atoms with Crippen LogP contribution in [0.25, 0.3) is 0 Å². The number of anilines is 2. The van der Waals surface area contributed by atoms with Gasteiger partial charge >= 0.3 is 0 Å². The zero-order valence-corrected chi connectivity index (χ0v) is 11.1. The lowest BCUT2D eigenvalue weighted by Gasteiger charge is -2.07. The predicted octanol–water partition coefficient (Wildman–Crippen LogP) is 2.36. The molecule has 5 nitrogen and oxygen atoms in total. The molecule has 0 fully saturated rings. The van der Waals surface area contributed by atoms with Crippen molar-refractivity contribution in [3.63, 3.8) is 0 Å². The van der Waals surface area contributed by atoms with E-state index in [2.05, 4.69) is 10.4 Å². The first-order chi connectivity index (χ1) is 8.90. The molecular weight excluding hydrogens is 271 g/mol. The zero-order valence-electron chi connectivity index (χ0n) is 10.4. The third-order valence-corrected chi connectivity index (χ3v) is 2.99. The smallest absolute Gasteiger partial charge is 0.258 e. The molecule has 3 N–H and O–H groups in total. The highest BCUT2D eigenvalue weighted by Gasteiger charge is 2.16. The summed E-state index contributed by atoms with van der Waals surface area (Å²) in [7, 11) is 1.66. The number of amides is 1. The van der Waals surface area contributed by atoms with E-state index >= 15 is 0 Å². The van der Waals surface area contributed by atoms with Crippen LogP contribution in [0.2, 0.25) is 5.02 Å². The van der Waals surface area contributed by atoms with Gasteiger partial charge in [-0.25, -0.2) is 4.39 Å². The minimum Gasteiger partial charge on any atom is -0.394 e. The van der Waals surface area contributed by atoms with Crippen molar-refractivity contribution in [1.82, 2.24) is 9.78 Å². The molecule has 1 amide bonds. The number of nitrogens with one attached hydrogen (secondary N) is 1. The summed E-state index contributed by atoms with van der Waals surface area (Å²) in [5, 5.41) is 6.72. The predicted molar refractivity (Wildman–Crippen MR) is 71.7 cm³/mol. The molecule has 0 aliphatic rings. The maximum absolute atomic E-state index is 12.9. The molecule has 2 aromatic rings. The first-order valence-corrected chi connectivity index (χ1v) is 5.83. The maximum atomic E-state index is 12.9. The summed E-state index contributed by atoms with van der Waals surface area (Å²) >= 11 is 5.82. The number of nitrogen functional groups attached to an aromatic ring is 1. The van der Waals surface area contributed by atoms with Gasteiger partial charge in [-0.2, -0.15) is 5.10 Å². The van der Waals surface area contributed by atoms with Gasteiger partial charge in [-0.1, -0.05) is 11.6 Å². The quantitative estimate of drug-likeness (QED) is 0.888. The third-order valence-electron chi connectivity index (χ3n) is 2.68. The Morgan fingerprint density at radius 3 is 2.74 bits per heavy atom. The normalized spacial score (nSPS) is 10.5. The Balaban J connectivity index is 2.31. The lowest BCUT2D eigenvalue weighted by Crippen LogP contribution is -2.16. The Hall–Kier alpha value is -2.08. The van der Waals surface area contributed by atoms with Crippen molar-refractivity contribution < 1.29 is 9.18 Å². The maximum Gasteiger partial charge on any atom is 0.258 e. The van der Waals surface area contributed by atoms with Crippen molar-refractivity contribution in [3.05, 3.63) is 40.3 Å². The summed E-state index contributed by atoms with van der Waals surface area (Å²) in [5.74, 6) is -0.597.